The molecule has 2 aromatic rings. The molecule has 20 heavy (non-hydrogen) atoms. The third-order valence-corrected chi connectivity index (χ3v) is 4.40. The number of benzene rings is 2. The van der Waals surface area contributed by atoms with Crippen LogP contribution in [0.3, 0.4) is 0 Å². The molecular formula is C15H15NO3S. The highest BCUT2D eigenvalue weighted by Crippen LogP contribution is 2.12. The summed E-state index contributed by atoms with van der Waals surface area (Å²) in [6.45, 7) is 3.80. The fourth-order valence-electron chi connectivity index (χ4n) is 1.72. The van der Waals surface area contributed by atoms with E-state index in [1.165, 1.54) is 12.1 Å². The summed E-state index contributed by atoms with van der Waals surface area (Å²) in [5.41, 5.74) is 2.31. The standard InChI is InChI=1S/C15H15NO3S/c1-11-8-9-13(10-12(11)2)15(17)16-20(18,19)14-6-4-3-5-7-14/h3-10H,1-2H3,(H,16,17). The topological polar surface area (TPSA) is 63.2 Å². The van der Waals surface area contributed by atoms with Crippen LogP contribution < -0.4 is 4.72 Å². The quantitative estimate of drug-likeness (QED) is 0.944. The summed E-state index contributed by atoms with van der Waals surface area (Å²) < 4.78 is 26.1. The van der Waals surface area contributed by atoms with Crippen LogP contribution in [0, 0.1) is 13.8 Å². The minimum absolute atomic E-state index is 0.0668. The predicted octanol–water partition coefficient (Wildman–Crippen LogP) is 2.42. The second kappa shape index (κ2) is 5.46. The van der Waals surface area contributed by atoms with Crippen LogP contribution in [0.4, 0.5) is 0 Å². The molecule has 0 aliphatic heterocycles. The van der Waals surface area contributed by atoms with E-state index >= 15 is 0 Å². The number of carbonyl (C=O) groups excluding carboxylic acids is 1. The smallest absolute Gasteiger partial charge is 0.265 e. The van der Waals surface area contributed by atoms with E-state index < -0.39 is 15.9 Å². The van der Waals surface area contributed by atoms with Gasteiger partial charge in [-0.1, -0.05) is 24.3 Å². The lowest BCUT2D eigenvalue weighted by Gasteiger charge is -2.08. The second-order valence-electron chi connectivity index (χ2n) is 4.55. The largest absolute Gasteiger partial charge is 0.268 e. The summed E-state index contributed by atoms with van der Waals surface area (Å²) in [6, 6.07) is 12.9. The molecule has 0 spiro atoms. The van der Waals surface area contributed by atoms with Crippen LogP contribution in [0.2, 0.25) is 0 Å². The molecule has 0 saturated heterocycles. The normalized spacial score (nSPS) is 11.1. The van der Waals surface area contributed by atoms with Crippen LogP contribution in [0.1, 0.15) is 21.5 Å². The first kappa shape index (κ1) is 14.3. The maximum Gasteiger partial charge on any atom is 0.265 e. The molecule has 0 atom stereocenters. The van der Waals surface area contributed by atoms with Crippen molar-refractivity contribution in [3.8, 4) is 0 Å². The maximum atomic E-state index is 12.0. The molecule has 2 aromatic carbocycles. The van der Waals surface area contributed by atoms with Crippen LogP contribution >= 0.6 is 0 Å². The molecule has 0 aliphatic rings. The van der Waals surface area contributed by atoms with Gasteiger partial charge in [-0.05, 0) is 49.2 Å². The van der Waals surface area contributed by atoms with Crippen LogP contribution in [0.15, 0.2) is 53.4 Å². The summed E-state index contributed by atoms with van der Waals surface area (Å²) in [7, 11) is -3.83. The van der Waals surface area contributed by atoms with Crippen molar-refractivity contribution < 1.29 is 13.2 Å². The Hall–Kier alpha value is -2.14. The Morgan fingerprint density at radius 1 is 0.950 bits per heavy atom. The van der Waals surface area contributed by atoms with Gasteiger partial charge in [-0.2, -0.15) is 0 Å². The van der Waals surface area contributed by atoms with E-state index in [0.717, 1.165) is 11.1 Å². The monoisotopic (exact) mass is 289 g/mol. The lowest BCUT2D eigenvalue weighted by Crippen LogP contribution is -2.30. The summed E-state index contributed by atoms with van der Waals surface area (Å²) in [5, 5.41) is 0. The first-order valence-electron chi connectivity index (χ1n) is 6.09. The van der Waals surface area contributed by atoms with Gasteiger partial charge in [0.15, 0.2) is 0 Å². The summed E-state index contributed by atoms with van der Waals surface area (Å²) in [6.07, 6.45) is 0. The van der Waals surface area contributed by atoms with Gasteiger partial charge in [0.2, 0.25) is 0 Å². The average Bonchev–Trinajstić information content (AvgIpc) is 2.42. The van der Waals surface area contributed by atoms with E-state index in [1.807, 2.05) is 13.8 Å². The third kappa shape index (κ3) is 3.05. The molecule has 1 amide bonds. The minimum atomic E-state index is -3.83. The highest BCUT2D eigenvalue weighted by Gasteiger charge is 2.18. The highest BCUT2D eigenvalue weighted by atomic mass is 32.2. The fourth-order valence-corrected chi connectivity index (χ4v) is 2.72. The number of hydrogen-bond acceptors (Lipinski definition) is 3. The van der Waals surface area contributed by atoms with E-state index in [2.05, 4.69) is 4.72 Å². The zero-order valence-corrected chi connectivity index (χ0v) is 12.1. The zero-order chi connectivity index (χ0) is 14.8. The number of amides is 1. The number of nitrogens with one attached hydrogen (secondary N) is 1. The Morgan fingerprint density at radius 3 is 2.20 bits per heavy atom. The molecule has 5 heteroatoms. The molecule has 104 valence electrons. The van der Waals surface area contributed by atoms with Crippen molar-refractivity contribution in [2.24, 2.45) is 0 Å². The van der Waals surface area contributed by atoms with E-state index in [1.54, 1.807) is 36.4 Å². The molecule has 0 aromatic heterocycles. The SMILES string of the molecule is Cc1ccc(C(=O)NS(=O)(=O)c2ccccc2)cc1C. The molecule has 0 aliphatic carbocycles. The van der Waals surface area contributed by atoms with Crippen LogP contribution in [0.5, 0.6) is 0 Å². The van der Waals surface area contributed by atoms with Crippen molar-refractivity contribution in [3.63, 3.8) is 0 Å². The number of aryl methyl sites for hydroxylation is 2. The van der Waals surface area contributed by atoms with Gasteiger partial charge in [0, 0.05) is 5.56 Å². The van der Waals surface area contributed by atoms with Gasteiger partial charge in [0.25, 0.3) is 15.9 Å². The van der Waals surface area contributed by atoms with Crippen molar-refractivity contribution in [3.05, 3.63) is 65.2 Å². The lowest BCUT2D eigenvalue weighted by molar-refractivity contribution is 0.0981. The molecule has 0 fully saturated rings. The van der Waals surface area contributed by atoms with Crippen molar-refractivity contribution in [2.45, 2.75) is 18.7 Å². The first-order valence-corrected chi connectivity index (χ1v) is 7.58. The zero-order valence-electron chi connectivity index (χ0n) is 11.3. The maximum absolute atomic E-state index is 12.0. The minimum Gasteiger partial charge on any atom is -0.268 e. The number of hydrogen-bond donors (Lipinski definition) is 1. The number of sulfonamides is 1. The number of carbonyl (C=O) groups is 1. The molecule has 0 saturated carbocycles. The van der Waals surface area contributed by atoms with E-state index in [-0.39, 0.29) is 4.90 Å². The van der Waals surface area contributed by atoms with Gasteiger partial charge >= 0.3 is 0 Å². The molecule has 2 rings (SSSR count). The molecule has 0 unspecified atom stereocenters. The molecule has 0 bridgehead atoms. The van der Waals surface area contributed by atoms with Gasteiger partial charge in [-0.25, -0.2) is 13.1 Å². The Labute approximate surface area is 118 Å². The number of rotatable bonds is 3. The fraction of sp³-hybridized carbons (Fsp3) is 0.133. The molecular weight excluding hydrogens is 274 g/mol. The summed E-state index contributed by atoms with van der Waals surface area (Å²) in [5.74, 6) is -0.628. The third-order valence-electron chi connectivity index (χ3n) is 3.05. The van der Waals surface area contributed by atoms with Crippen molar-refractivity contribution in [1.82, 2.24) is 4.72 Å². The van der Waals surface area contributed by atoms with E-state index in [4.69, 9.17) is 0 Å². The predicted molar refractivity (Wildman–Crippen MR) is 77.0 cm³/mol. The Bertz CT molecular complexity index is 737. The van der Waals surface area contributed by atoms with E-state index in [9.17, 15) is 13.2 Å². The van der Waals surface area contributed by atoms with Crippen molar-refractivity contribution >= 4 is 15.9 Å². The van der Waals surface area contributed by atoms with Crippen LogP contribution in [-0.2, 0) is 10.0 Å². The van der Waals surface area contributed by atoms with Gasteiger partial charge in [-0.3, -0.25) is 4.79 Å². The molecule has 0 heterocycles. The van der Waals surface area contributed by atoms with Gasteiger partial charge in [0.05, 0.1) is 4.90 Å². The van der Waals surface area contributed by atoms with Gasteiger partial charge in [-0.15, -0.1) is 0 Å². The van der Waals surface area contributed by atoms with Crippen LogP contribution in [0.25, 0.3) is 0 Å². The van der Waals surface area contributed by atoms with E-state index in [0.29, 0.717) is 5.56 Å². The highest BCUT2D eigenvalue weighted by molar-refractivity contribution is 7.90. The Balaban J connectivity index is 2.25. The van der Waals surface area contributed by atoms with Gasteiger partial charge in [0.1, 0.15) is 0 Å². The van der Waals surface area contributed by atoms with Crippen molar-refractivity contribution in [2.75, 3.05) is 0 Å². The van der Waals surface area contributed by atoms with Crippen LogP contribution in [-0.4, -0.2) is 14.3 Å². The Morgan fingerprint density at radius 2 is 1.60 bits per heavy atom. The Kier molecular flexibility index (Phi) is 3.90. The molecule has 4 nitrogen and oxygen atoms in total. The summed E-state index contributed by atoms with van der Waals surface area (Å²) >= 11 is 0. The average molecular weight is 289 g/mol. The van der Waals surface area contributed by atoms with Crippen molar-refractivity contribution in [1.29, 1.82) is 0 Å². The molecule has 0 radical (unpaired) electrons. The lowest BCUT2D eigenvalue weighted by atomic mass is 10.1. The molecule has 1 N–H and O–H groups in total. The summed E-state index contributed by atoms with van der Waals surface area (Å²) in [4.78, 5) is 12.1. The van der Waals surface area contributed by atoms with Gasteiger partial charge < -0.3 is 0 Å². The second-order valence-corrected chi connectivity index (χ2v) is 6.23. The first-order chi connectivity index (χ1) is 9.40.